The number of benzene rings is 1. The van der Waals surface area contributed by atoms with Crippen molar-refractivity contribution in [2.75, 3.05) is 20.2 Å². The van der Waals surface area contributed by atoms with E-state index in [9.17, 15) is 9.59 Å². The predicted octanol–water partition coefficient (Wildman–Crippen LogP) is 2.56. The zero-order chi connectivity index (χ0) is 19.7. The number of hydrogen-bond acceptors (Lipinski definition) is 4. The minimum absolute atomic E-state index is 0.0616. The molecule has 7 heteroatoms. The normalized spacial score (nSPS) is 15.0. The first-order chi connectivity index (χ1) is 13.6. The second-order valence-corrected chi connectivity index (χ2v) is 7.01. The van der Waals surface area contributed by atoms with Crippen LogP contribution >= 0.6 is 0 Å². The Labute approximate surface area is 162 Å². The van der Waals surface area contributed by atoms with Crippen molar-refractivity contribution in [2.45, 2.75) is 18.9 Å². The number of piperidine rings is 1. The number of H-pyrrole nitrogens is 1. The van der Waals surface area contributed by atoms with E-state index in [4.69, 9.17) is 9.47 Å². The number of nitrogens with one attached hydrogen (secondary N) is 1. The monoisotopic (exact) mass is 381 g/mol. The highest BCUT2D eigenvalue weighted by atomic mass is 16.5. The first-order valence-electron chi connectivity index (χ1n) is 9.33. The summed E-state index contributed by atoms with van der Waals surface area (Å²) in [5.41, 5.74) is 1.24. The Kier molecular flexibility index (Phi) is 4.81. The lowest BCUT2D eigenvalue weighted by Crippen LogP contribution is -2.42. The summed E-state index contributed by atoms with van der Waals surface area (Å²) in [7, 11) is 3.09. The van der Waals surface area contributed by atoms with Crippen LogP contribution in [0.15, 0.2) is 47.5 Å². The number of ether oxygens (including phenoxy) is 2. The summed E-state index contributed by atoms with van der Waals surface area (Å²) in [6.45, 7) is 1.19. The van der Waals surface area contributed by atoms with Crippen LogP contribution in [0.3, 0.4) is 0 Å². The van der Waals surface area contributed by atoms with Gasteiger partial charge in [-0.05, 0) is 18.2 Å². The van der Waals surface area contributed by atoms with Crippen molar-refractivity contribution in [3.8, 4) is 11.5 Å². The van der Waals surface area contributed by atoms with E-state index in [1.54, 1.807) is 18.1 Å². The molecule has 1 aliphatic heterocycles. The molecule has 0 atom stereocenters. The van der Waals surface area contributed by atoms with Crippen LogP contribution in [0.2, 0.25) is 0 Å². The first kappa shape index (κ1) is 18.2. The molecule has 28 heavy (non-hydrogen) atoms. The third kappa shape index (κ3) is 3.35. The number of carbonyl (C=O) groups excluding carboxylic acids is 1. The number of methoxy groups -OCH3 is 1. The van der Waals surface area contributed by atoms with Gasteiger partial charge in [0.05, 0.1) is 12.7 Å². The Bertz CT molecular complexity index is 1060. The highest BCUT2D eigenvalue weighted by Gasteiger charge is 2.27. The Balaban J connectivity index is 1.44. The summed E-state index contributed by atoms with van der Waals surface area (Å²) in [5, 5.41) is 1.07. The van der Waals surface area contributed by atoms with Crippen LogP contribution < -0.4 is 15.0 Å². The molecule has 0 saturated carbocycles. The largest absolute Gasteiger partial charge is 0.496 e. The van der Waals surface area contributed by atoms with E-state index >= 15 is 0 Å². The van der Waals surface area contributed by atoms with Gasteiger partial charge in [-0.2, -0.15) is 0 Å². The summed E-state index contributed by atoms with van der Waals surface area (Å²) in [6, 6.07) is 9.32. The molecule has 1 N–H and O–H groups in total. The van der Waals surface area contributed by atoms with Crippen LogP contribution in [0, 0.1) is 0 Å². The molecule has 0 aliphatic carbocycles. The third-order valence-electron chi connectivity index (χ3n) is 5.22. The van der Waals surface area contributed by atoms with Crippen molar-refractivity contribution >= 4 is 16.8 Å². The van der Waals surface area contributed by atoms with Gasteiger partial charge < -0.3 is 23.9 Å². The number of amides is 1. The highest BCUT2D eigenvalue weighted by Crippen LogP contribution is 2.28. The molecule has 1 aliphatic rings. The highest BCUT2D eigenvalue weighted by molar-refractivity contribution is 5.96. The van der Waals surface area contributed by atoms with Gasteiger partial charge in [0.15, 0.2) is 0 Å². The van der Waals surface area contributed by atoms with Crippen LogP contribution in [-0.2, 0) is 7.05 Å². The summed E-state index contributed by atoms with van der Waals surface area (Å²) >= 11 is 0. The second kappa shape index (κ2) is 7.42. The topological polar surface area (TPSA) is 76.6 Å². The minimum Gasteiger partial charge on any atom is -0.496 e. The zero-order valence-electron chi connectivity index (χ0n) is 16.0. The average Bonchev–Trinajstić information content (AvgIpc) is 3.20. The number of rotatable bonds is 4. The minimum atomic E-state index is -0.209. The molecule has 3 aromatic rings. The molecule has 0 spiro atoms. The first-order valence-corrected chi connectivity index (χ1v) is 9.33. The van der Waals surface area contributed by atoms with Gasteiger partial charge in [0.1, 0.15) is 17.6 Å². The molecule has 2 aromatic heterocycles. The van der Waals surface area contributed by atoms with Crippen LogP contribution in [0.25, 0.3) is 10.9 Å². The maximum absolute atomic E-state index is 12.9. The lowest BCUT2D eigenvalue weighted by molar-refractivity contribution is 0.0594. The fraction of sp³-hybridized carbons (Fsp3) is 0.333. The van der Waals surface area contributed by atoms with Gasteiger partial charge in [-0.1, -0.05) is 6.07 Å². The average molecular weight is 381 g/mol. The molecule has 0 radical (unpaired) electrons. The van der Waals surface area contributed by atoms with E-state index in [1.807, 2.05) is 30.5 Å². The number of nitrogens with zero attached hydrogens (tertiary/aromatic N) is 2. The molecule has 4 rings (SSSR count). The Hall–Kier alpha value is -3.22. The molecular formula is C21H23N3O4. The number of fused-ring (bicyclic) bond motifs is 1. The smallest absolute Gasteiger partial charge is 0.259 e. The maximum atomic E-state index is 12.9. The van der Waals surface area contributed by atoms with Crippen LogP contribution in [0.1, 0.15) is 23.2 Å². The molecule has 3 heterocycles. The molecule has 0 bridgehead atoms. The molecule has 1 saturated heterocycles. The van der Waals surface area contributed by atoms with Gasteiger partial charge >= 0.3 is 0 Å². The van der Waals surface area contributed by atoms with E-state index in [2.05, 4.69) is 4.98 Å². The van der Waals surface area contributed by atoms with Gasteiger partial charge in [-0.15, -0.1) is 0 Å². The summed E-state index contributed by atoms with van der Waals surface area (Å²) in [4.78, 5) is 29.7. The molecule has 1 amide bonds. The fourth-order valence-corrected chi connectivity index (χ4v) is 3.63. The van der Waals surface area contributed by atoms with E-state index in [1.165, 1.54) is 17.7 Å². The van der Waals surface area contributed by atoms with E-state index < -0.39 is 0 Å². The number of aromatic nitrogens is 2. The number of aryl methyl sites for hydroxylation is 1. The summed E-state index contributed by atoms with van der Waals surface area (Å²) in [5.74, 6) is 1.05. The van der Waals surface area contributed by atoms with Crippen molar-refractivity contribution in [3.05, 3.63) is 58.6 Å². The van der Waals surface area contributed by atoms with Gasteiger partial charge in [-0.3, -0.25) is 9.59 Å². The number of hydrogen-bond donors (Lipinski definition) is 1. The number of aromatic amines is 1. The van der Waals surface area contributed by atoms with Crippen LogP contribution in [0.4, 0.5) is 0 Å². The van der Waals surface area contributed by atoms with Gasteiger partial charge in [0, 0.05) is 62.3 Å². The molecular weight excluding hydrogens is 358 g/mol. The second-order valence-electron chi connectivity index (χ2n) is 7.01. The number of carbonyl (C=O) groups is 1. The number of pyridine rings is 1. The van der Waals surface area contributed by atoms with Crippen molar-refractivity contribution in [1.82, 2.24) is 14.5 Å². The molecule has 146 valence electrons. The molecule has 7 nitrogen and oxygen atoms in total. The van der Waals surface area contributed by atoms with Crippen molar-refractivity contribution in [3.63, 3.8) is 0 Å². The van der Waals surface area contributed by atoms with Crippen molar-refractivity contribution < 1.29 is 14.3 Å². The Morgan fingerprint density at radius 1 is 1.18 bits per heavy atom. The molecule has 0 unspecified atom stereocenters. The van der Waals surface area contributed by atoms with Gasteiger partial charge in [0.2, 0.25) is 0 Å². The maximum Gasteiger partial charge on any atom is 0.259 e. The summed E-state index contributed by atoms with van der Waals surface area (Å²) in [6.07, 6.45) is 5.01. The Morgan fingerprint density at radius 2 is 1.96 bits per heavy atom. The lowest BCUT2D eigenvalue weighted by Gasteiger charge is -2.32. The third-order valence-corrected chi connectivity index (χ3v) is 5.22. The zero-order valence-corrected chi connectivity index (χ0v) is 16.0. The van der Waals surface area contributed by atoms with Crippen LogP contribution in [-0.4, -0.2) is 46.7 Å². The van der Waals surface area contributed by atoms with Gasteiger partial charge in [0.25, 0.3) is 11.5 Å². The quantitative estimate of drug-likeness (QED) is 0.754. The van der Waals surface area contributed by atoms with E-state index in [0.717, 1.165) is 29.5 Å². The fourth-order valence-electron chi connectivity index (χ4n) is 3.63. The molecule has 1 aromatic carbocycles. The van der Waals surface area contributed by atoms with Gasteiger partial charge in [-0.25, -0.2) is 0 Å². The van der Waals surface area contributed by atoms with E-state index in [-0.39, 0.29) is 17.6 Å². The SMILES string of the molecule is COc1cc(=O)n(C)cc1C(=O)N1CCC(Oc2cccc3[nH]ccc23)CC1. The Morgan fingerprint density at radius 3 is 2.71 bits per heavy atom. The standard InChI is InChI=1S/C21H23N3O4/c1-23-13-16(19(27-2)12-20(23)25)21(26)24-10-7-14(8-11-24)28-18-5-3-4-17-15(18)6-9-22-17/h3-6,9,12-14,22H,7-8,10-11H2,1-2H3. The van der Waals surface area contributed by atoms with Crippen molar-refractivity contribution in [2.24, 2.45) is 7.05 Å². The summed E-state index contributed by atoms with van der Waals surface area (Å²) < 4.78 is 12.8. The van der Waals surface area contributed by atoms with Crippen molar-refractivity contribution in [1.29, 1.82) is 0 Å². The number of likely N-dealkylation sites (tertiary alicyclic amines) is 1. The molecule has 1 fully saturated rings. The van der Waals surface area contributed by atoms with Crippen LogP contribution in [0.5, 0.6) is 11.5 Å². The van der Waals surface area contributed by atoms with E-state index in [0.29, 0.717) is 24.4 Å². The lowest BCUT2D eigenvalue weighted by atomic mass is 10.1. The predicted molar refractivity (Wildman–Crippen MR) is 106 cm³/mol.